The number of anilines is 3. The number of amides is 1. The van der Waals surface area contributed by atoms with Gasteiger partial charge in [0.15, 0.2) is 21.0 Å². The molecule has 0 spiro atoms. The summed E-state index contributed by atoms with van der Waals surface area (Å²) < 4.78 is 11.3. The van der Waals surface area contributed by atoms with Gasteiger partial charge in [-0.05, 0) is 17.9 Å². The van der Waals surface area contributed by atoms with Crippen LogP contribution in [-0.4, -0.2) is 41.1 Å². The molecule has 27 heavy (non-hydrogen) atoms. The highest BCUT2D eigenvalue weighted by atomic mass is 32.2. The molecule has 0 fully saturated rings. The lowest BCUT2D eigenvalue weighted by Crippen LogP contribution is -2.12. The molecule has 0 aliphatic heterocycles. The van der Waals surface area contributed by atoms with Crippen molar-refractivity contribution in [1.29, 1.82) is 0 Å². The predicted octanol–water partition coefficient (Wildman–Crippen LogP) is 4.12. The molecule has 142 valence electrons. The van der Waals surface area contributed by atoms with E-state index in [4.69, 9.17) is 9.47 Å². The summed E-state index contributed by atoms with van der Waals surface area (Å²) in [6, 6.07) is 5.44. The molecule has 2 aromatic heterocycles. The number of aromatic nitrogens is 3. The molecule has 3 rings (SSSR count). The summed E-state index contributed by atoms with van der Waals surface area (Å²) >= 11 is 4.25. The van der Waals surface area contributed by atoms with Crippen molar-refractivity contribution < 1.29 is 14.3 Å². The third-order valence-electron chi connectivity index (χ3n) is 3.27. The summed E-state index contributed by atoms with van der Waals surface area (Å²) in [5.41, 5.74) is 1.09. The van der Waals surface area contributed by atoms with Gasteiger partial charge in [0.05, 0.1) is 14.2 Å². The molecule has 0 aliphatic rings. The molecule has 0 saturated carbocycles. The Morgan fingerprint density at radius 1 is 1.19 bits per heavy atom. The maximum Gasteiger partial charge on any atom is 0.277 e. The minimum absolute atomic E-state index is 0.308. The quantitative estimate of drug-likeness (QED) is 0.412. The highest BCUT2D eigenvalue weighted by Crippen LogP contribution is 2.32. The average Bonchev–Trinajstić information content (AvgIpc) is 3.31. The smallest absolute Gasteiger partial charge is 0.277 e. The Balaban J connectivity index is 1.66. The number of carbonyl (C=O) groups excluding carboxylic acids is 1. The molecular formula is C16H17N5O3S3. The van der Waals surface area contributed by atoms with Crippen molar-refractivity contribution >= 4 is 56.3 Å². The Morgan fingerprint density at radius 2 is 2.00 bits per heavy atom. The number of ether oxygens (including phenoxy) is 2. The molecule has 1 amide bonds. The number of thiazole rings is 1. The maximum atomic E-state index is 12.3. The third kappa shape index (κ3) is 4.87. The zero-order valence-corrected chi connectivity index (χ0v) is 17.3. The van der Waals surface area contributed by atoms with Crippen molar-refractivity contribution in [2.75, 3.05) is 30.6 Å². The first-order chi connectivity index (χ1) is 13.1. The van der Waals surface area contributed by atoms with E-state index in [1.54, 1.807) is 43.5 Å². The van der Waals surface area contributed by atoms with Crippen LogP contribution in [0.1, 0.15) is 17.4 Å². The molecule has 2 heterocycles. The second-order valence-electron chi connectivity index (χ2n) is 4.99. The van der Waals surface area contributed by atoms with E-state index in [1.165, 1.54) is 22.7 Å². The van der Waals surface area contributed by atoms with Crippen LogP contribution >= 0.6 is 34.4 Å². The summed E-state index contributed by atoms with van der Waals surface area (Å²) in [6.45, 7) is 2.03. The van der Waals surface area contributed by atoms with E-state index in [0.717, 1.165) is 15.8 Å². The number of carbonyl (C=O) groups is 1. The van der Waals surface area contributed by atoms with Gasteiger partial charge in [-0.3, -0.25) is 10.1 Å². The molecule has 11 heteroatoms. The number of benzene rings is 1. The number of methoxy groups -OCH3 is 2. The van der Waals surface area contributed by atoms with Crippen LogP contribution < -0.4 is 20.1 Å². The molecule has 0 aliphatic carbocycles. The van der Waals surface area contributed by atoms with E-state index in [-0.39, 0.29) is 5.91 Å². The van der Waals surface area contributed by atoms with Crippen LogP contribution in [0.3, 0.4) is 0 Å². The van der Waals surface area contributed by atoms with E-state index in [0.29, 0.717) is 27.5 Å². The first-order valence-electron chi connectivity index (χ1n) is 7.85. The Kier molecular flexibility index (Phi) is 6.48. The van der Waals surface area contributed by atoms with Gasteiger partial charge < -0.3 is 14.8 Å². The van der Waals surface area contributed by atoms with Crippen molar-refractivity contribution in [2.45, 2.75) is 11.3 Å². The highest BCUT2D eigenvalue weighted by Gasteiger charge is 2.14. The molecule has 2 N–H and O–H groups in total. The van der Waals surface area contributed by atoms with E-state index in [2.05, 4.69) is 25.8 Å². The van der Waals surface area contributed by atoms with Crippen LogP contribution in [0.15, 0.2) is 27.9 Å². The van der Waals surface area contributed by atoms with Gasteiger partial charge in [0.2, 0.25) is 5.13 Å². The zero-order chi connectivity index (χ0) is 19.2. The van der Waals surface area contributed by atoms with Crippen molar-refractivity contribution in [1.82, 2.24) is 15.2 Å². The summed E-state index contributed by atoms with van der Waals surface area (Å²) in [7, 11) is 3.16. The lowest BCUT2D eigenvalue weighted by molar-refractivity contribution is 0.102. The second kappa shape index (κ2) is 9.02. The summed E-state index contributed by atoms with van der Waals surface area (Å²) in [4.78, 5) is 16.6. The standard InChI is InChI=1S/C16H17N5O3S3/c1-4-25-16-21-20-15(27-16)19-13(22)10-8-26-14(18-10)17-9-5-6-11(23-2)12(7-9)24-3/h5-8H,4H2,1-3H3,(H,17,18)(H,19,20,22). The normalized spacial score (nSPS) is 10.5. The van der Waals surface area contributed by atoms with Crippen molar-refractivity contribution in [3.63, 3.8) is 0 Å². The molecular weight excluding hydrogens is 406 g/mol. The average molecular weight is 424 g/mol. The van der Waals surface area contributed by atoms with Crippen LogP contribution in [0.4, 0.5) is 16.0 Å². The monoisotopic (exact) mass is 423 g/mol. The fraction of sp³-hybridized carbons (Fsp3) is 0.250. The topological polar surface area (TPSA) is 98.3 Å². The Morgan fingerprint density at radius 3 is 2.74 bits per heavy atom. The van der Waals surface area contributed by atoms with Crippen LogP contribution in [-0.2, 0) is 0 Å². The second-order valence-corrected chi connectivity index (χ2v) is 8.34. The van der Waals surface area contributed by atoms with Gasteiger partial charge in [0, 0.05) is 17.1 Å². The number of rotatable bonds is 8. The van der Waals surface area contributed by atoms with Gasteiger partial charge in [0.25, 0.3) is 5.91 Å². The van der Waals surface area contributed by atoms with Crippen LogP contribution in [0.2, 0.25) is 0 Å². The zero-order valence-electron chi connectivity index (χ0n) is 14.8. The minimum Gasteiger partial charge on any atom is -0.493 e. The largest absolute Gasteiger partial charge is 0.493 e. The first kappa shape index (κ1) is 19.4. The van der Waals surface area contributed by atoms with Gasteiger partial charge in [-0.25, -0.2) is 4.98 Å². The number of nitrogens with zero attached hydrogens (tertiary/aromatic N) is 3. The molecule has 3 aromatic rings. The summed E-state index contributed by atoms with van der Waals surface area (Å²) in [5.74, 6) is 1.82. The van der Waals surface area contributed by atoms with E-state index in [1.807, 2.05) is 13.0 Å². The molecule has 1 aromatic carbocycles. The molecule has 0 radical (unpaired) electrons. The Bertz CT molecular complexity index is 928. The summed E-state index contributed by atoms with van der Waals surface area (Å²) in [6.07, 6.45) is 0. The van der Waals surface area contributed by atoms with E-state index >= 15 is 0 Å². The predicted molar refractivity (Wildman–Crippen MR) is 109 cm³/mol. The van der Waals surface area contributed by atoms with E-state index in [9.17, 15) is 4.79 Å². The van der Waals surface area contributed by atoms with Crippen LogP contribution in [0.25, 0.3) is 0 Å². The van der Waals surface area contributed by atoms with Crippen molar-refractivity contribution in [3.8, 4) is 11.5 Å². The van der Waals surface area contributed by atoms with Gasteiger partial charge in [-0.2, -0.15) is 0 Å². The van der Waals surface area contributed by atoms with Crippen LogP contribution in [0.5, 0.6) is 11.5 Å². The third-order valence-corrected chi connectivity index (χ3v) is 5.88. The van der Waals surface area contributed by atoms with Crippen molar-refractivity contribution in [2.24, 2.45) is 0 Å². The number of hydrogen-bond donors (Lipinski definition) is 2. The van der Waals surface area contributed by atoms with E-state index < -0.39 is 0 Å². The lowest BCUT2D eigenvalue weighted by Gasteiger charge is -2.09. The fourth-order valence-corrected chi connectivity index (χ4v) is 4.43. The van der Waals surface area contributed by atoms with Gasteiger partial charge in [-0.15, -0.1) is 21.5 Å². The number of nitrogens with one attached hydrogen (secondary N) is 2. The fourth-order valence-electron chi connectivity index (χ4n) is 2.08. The first-order valence-corrected chi connectivity index (χ1v) is 10.5. The molecule has 0 unspecified atom stereocenters. The molecule has 0 saturated heterocycles. The SMILES string of the molecule is CCSc1nnc(NC(=O)c2csc(Nc3ccc(OC)c(OC)c3)n2)s1. The Labute approximate surface area is 168 Å². The highest BCUT2D eigenvalue weighted by molar-refractivity contribution is 8.01. The molecule has 8 nitrogen and oxygen atoms in total. The van der Waals surface area contributed by atoms with Gasteiger partial charge >= 0.3 is 0 Å². The Hall–Kier alpha value is -2.37. The summed E-state index contributed by atoms with van der Waals surface area (Å²) in [5, 5.41) is 16.6. The number of hydrogen-bond acceptors (Lipinski definition) is 10. The van der Waals surface area contributed by atoms with Gasteiger partial charge in [0.1, 0.15) is 5.69 Å². The van der Waals surface area contributed by atoms with Gasteiger partial charge in [-0.1, -0.05) is 30.0 Å². The van der Waals surface area contributed by atoms with Crippen molar-refractivity contribution in [3.05, 3.63) is 29.3 Å². The maximum absolute atomic E-state index is 12.3. The lowest BCUT2D eigenvalue weighted by atomic mass is 10.3. The molecule has 0 atom stereocenters. The van der Waals surface area contributed by atoms with Crippen LogP contribution in [0, 0.1) is 0 Å². The minimum atomic E-state index is -0.323. The number of thioether (sulfide) groups is 1. The molecule has 0 bridgehead atoms.